The lowest BCUT2D eigenvalue weighted by Crippen LogP contribution is -2.12. The third-order valence-corrected chi connectivity index (χ3v) is 3.99. The molecule has 6 heteroatoms. The fourth-order valence-electron chi connectivity index (χ4n) is 1.60. The van der Waals surface area contributed by atoms with Crippen LogP contribution in [-0.4, -0.2) is 13.0 Å². The third-order valence-electron chi connectivity index (χ3n) is 2.50. The molecule has 1 heterocycles. The number of methoxy groups -OCH3 is 1. The fraction of sp³-hybridized carbons (Fsp3) is 0.154. The van der Waals surface area contributed by atoms with Crippen molar-refractivity contribution in [1.29, 1.82) is 0 Å². The van der Waals surface area contributed by atoms with Crippen LogP contribution in [0.25, 0.3) is 0 Å². The lowest BCUT2D eigenvalue weighted by atomic mass is 10.2. The summed E-state index contributed by atoms with van der Waals surface area (Å²) < 4.78 is 6.05. The van der Waals surface area contributed by atoms with Gasteiger partial charge >= 0.3 is 0 Å². The highest BCUT2D eigenvalue weighted by molar-refractivity contribution is 7.20. The molecule has 0 radical (unpaired) electrons. The largest absolute Gasteiger partial charge is 0.495 e. The summed E-state index contributed by atoms with van der Waals surface area (Å²) in [5.74, 6) is 0.286. The Kier molecular flexibility index (Phi) is 4.34. The van der Waals surface area contributed by atoms with Gasteiger partial charge in [-0.25, -0.2) is 0 Å². The van der Waals surface area contributed by atoms with Crippen LogP contribution in [0.5, 0.6) is 5.75 Å². The number of nitrogens with one attached hydrogen (secondary N) is 1. The van der Waals surface area contributed by atoms with Gasteiger partial charge in [0.25, 0.3) is 5.91 Å². The highest BCUT2D eigenvalue weighted by Gasteiger charge is 2.16. The Balaban J connectivity index is 2.28. The molecule has 0 atom stereocenters. The molecule has 19 heavy (non-hydrogen) atoms. The van der Waals surface area contributed by atoms with Crippen LogP contribution in [0.15, 0.2) is 24.3 Å². The molecule has 3 nitrogen and oxygen atoms in total. The fourth-order valence-corrected chi connectivity index (χ4v) is 3.06. The minimum Gasteiger partial charge on any atom is -0.495 e. The lowest BCUT2D eigenvalue weighted by Gasteiger charge is -2.10. The van der Waals surface area contributed by atoms with Gasteiger partial charge in [0.2, 0.25) is 0 Å². The molecule has 1 N–H and O–H groups in total. The number of halogens is 2. The monoisotopic (exact) mass is 315 g/mol. The van der Waals surface area contributed by atoms with Crippen LogP contribution in [0.4, 0.5) is 5.69 Å². The van der Waals surface area contributed by atoms with Gasteiger partial charge in [-0.2, -0.15) is 0 Å². The van der Waals surface area contributed by atoms with Crippen molar-refractivity contribution in [3.63, 3.8) is 0 Å². The average Bonchev–Trinajstić information content (AvgIpc) is 2.69. The van der Waals surface area contributed by atoms with Crippen LogP contribution in [-0.2, 0) is 0 Å². The normalized spacial score (nSPS) is 10.3. The van der Waals surface area contributed by atoms with Gasteiger partial charge in [0.15, 0.2) is 0 Å². The maximum absolute atomic E-state index is 12.1. The predicted molar refractivity (Wildman–Crippen MR) is 80.0 cm³/mol. The minimum absolute atomic E-state index is 0.308. The predicted octanol–water partition coefficient (Wildman–Crippen LogP) is 4.62. The van der Waals surface area contributed by atoms with E-state index in [0.29, 0.717) is 25.7 Å². The summed E-state index contributed by atoms with van der Waals surface area (Å²) >= 11 is 12.9. The summed E-state index contributed by atoms with van der Waals surface area (Å²) in [5.41, 5.74) is 1.98. The molecule has 0 saturated heterocycles. The van der Waals surface area contributed by atoms with Crippen molar-refractivity contribution >= 4 is 46.1 Å². The molecule has 0 aliphatic carbocycles. The van der Waals surface area contributed by atoms with Crippen LogP contribution in [0.1, 0.15) is 15.9 Å². The standard InChI is InChI=1S/C13H11Cl2NO2S/c1-7-3-4-10(18-2)9(5-7)16-13(17)8-6-11(14)19-12(8)15/h3-6H,1-2H3,(H,16,17). The first-order chi connectivity index (χ1) is 9.01. The van der Waals surface area contributed by atoms with Crippen LogP contribution < -0.4 is 10.1 Å². The van der Waals surface area contributed by atoms with E-state index in [1.165, 1.54) is 0 Å². The first-order valence-electron chi connectivity index (χ1n) is 5.42. The first kappa shape index (κ1) is 14.2. The zero-order chi connectivity index (χ0) is 14.0. The van der Waals surface area contributed by atoms with E-state index in [0.717, 1.165) is 16.9 Å². The van der Waals surface area contributed by atoms with Crippen LogP contribution in [0.2, 0.25) is 8.67 Å². The Hall–Kier alpha value is -1.23. The van der Waals surface area contributed by atoms with Gasteiger partial charge in [-0.05, 0) is 30.7 Å². The number of anilines is 1. The van der Waals surface area contributed by atoms with Crippen molar-refractivity contribution in [2.24, 2.45) is 0 Å². The third kappa shape index (κ3) is 3.21. The molecular weight excluding hydrogens is 305 g/mol. The highest BCUT2D eigenvalue weighted by Crippen LogP contribution is 2.32. The Bertz CT molecular complexity index is 625. The second kappa shape index (κ2) is 5.82. The molecule has 1 aromatic heterocycles. The molecule has 0 spiro atoms. The number of aryl methyl sites for hydroxylation is 1. The number of amides is 1. The van der Waals surface area contributed by atoms with E-state index < -0.39 is 0 Å². The number of ether oxygens (including phenoxy) is 1. The van der Waals surface area contributed by atoms with E-state index in [4.69, 9.17) is 27.9 Å². The maximum atomic E-state index is 12.1. The smallest absolute Gasteiger partial charge is 0.258 e. The van der Waals surface area contributed by atoms with Crippen molar-refractivity contribution in [3.8, 4) is 5.75 Å². The first-order valence-corrected chi connectivity index (χ1v) is 6.99. The molecule has 0 fully saturated rings. The van der Waals surface area contributed by atoms with Crippen molar-refractivity contribution in [3.05, 3.63) is 44.1 Å². The average molecular weight is 316 g/mol. The Morgan fingerprint density at radius 2 is 2.05 bits per heavy atom. The van der Waals surface area contributed by atoms with E-state index in [-0.39, 0.29) is 5.91 Å². The topological polar surface area (TPSA) is 38.3 Å². The number of hydrogen-bond donors (Lipinski definition) is 1. The SMILES string of the molecule is COc1ccc(C)cc1NC(=O)c1cc(Cl)sc1Cl. The molecule has 2 rings (SSSR count). The number of carbonyl (C=O) groups excluding carboxylic acids is 1. The molecule has 2 aromatic rings. The number of carbonyl (C=O) groups is 1. The number of rotatable bonds is 3. The van der Waals surface area contributed by atoms with E-state index in [9.17, 15) is 4.79 Å². The Morgan fingerprint density at radius 3 is 2.63 bits per heavy atom. The number of benzene rings is 1. The second-order valence-electron chi connectivity index (χ2n) is 3.90. The van der Waals surface area contributed by atoms with Crippen LogP contribution in [0, 0.1) is 6.92 Å². The molecule has 0 saturated carbocycles. The van der Waals surface area contributed by atoms with E-state index in [1.54, 1.807) is 19.2 Å². The summed E-state index contributed by atoms with van der Waals surface area (Å²) in [5, 5.41) is 2.77. The van der Waals surface area contributed by atoms with E-state index >= 15 is 0 Å². The van der Waals surface area contributed by atoms with E-state index in [1.807, 2.05) is 19.1 Å². The van der Waals surface area contributed by atoms with Crippen molar-refractivity contribution in [1.82, 2.24) is 0 Å². The van der Waals surface area contributed by atoms with Gasteiger partial charge in [-0.15, -0.1) is 11.3 Å². The van der Waals surface area contributed by atoms with Gasteiger partial charge in [0.05, 0.1) is 22.7 Å². The molecule has 0 unspecified atom stereocenters. The molecule has 100 valence electrons. The van der Waals surface area contributed by atoms with Gasteiger partial charge in [-0.1, -0.05) is 29.3 Å². The Morgan fingerprint density at radius 1 is 1.32 bits per heavy atom. The summed E-state index contributed by atoms with van der Waals surface area (Å²) in [6.07, 6.45) is 0. The number of hydrogen-bond acceptors (Lipinski definition) is 3. The molecule has 0 bridgehead atoms. The maximum Gasteiger partial charge on any atom is 0.258 e. The molecule has 0 aliphatic heterocycles. The van der Waals surface area contributed by atoms with Gasteiger partial charge in [0.1, 0.15) is 10.1 Å². The van der Waals surface area contributed by atoms with Crippen LogP contribution in [0.3, 0.4) is 0 Å². The van der Waals surface area contributed by atoms with Crippen molar-refractivity contribution < 1.29 is 9.53 Å². The van der Waals surface area contributed by atoms with Gasteiger partial charge in [-0.3, -0.25) is 4.79 Å². The second-order valence-corrected chi connectivity index (χ2v) is 6.18. The molecule has 1 amide bonds. The molecular formula is C13H11Cl2NO2S. The Labute approximate surface area is 125 Å². The zero-order valence-electron chi connectivity index (χ0n) is 10.3. The van der Waals surface area contributed by atoms with Crippen molar-refractivity contribution in [2.75, 3.05) is 12.4 Å². The summed E-state index contributed by atoms with van der Waals surface area (Å²) in [6.45, 7) is 1.93. The lowest BCUT2D eigenvalue weighted by molar-refractivity contribution is 0.102. The summed E-state index contributed by atoms with van der Waals surface area (Å²) in [7, 11) is 1.55. The minimum atomic E-state index is -0.308. The summed E-state index contributed by atoms with van der Waals surface area (Å²) in [6, 6.07) is 7.08. The molecule has 0 aliphatic rings. The van der Waals surface area contributed by atoms with E-state index in [2.05, 4.69) is 5.32 Å². The quantitative estimate of drug-likeness (QED) is 0.897. The van der Waals surface area contributed by atoms with Crippen molar-refractivity contribution in [2.45, 2.75) is 6.92 Å². The molecule has 1 aromatic carbocycles. The summed E-state index contributed by atoms with van der Waals surface area (Å²) in [4.78, 5) is 12.1. The number of thiophene rings is 1. The van der Waals surface area contributed by atoms with Gasteiger partial charge < -0.3 is 10.1 Å². The van der Waals surface area contributed by atoms with Gasteiger partial charge in [0, 0.05) is 0 Å². The van der Waals surface area contributed by atoms with Crippen LogP contribution >= 0.6 is 34.5 Å². The zero-order valence-corrected chi connectivity index (χ0v) is 12.6. The highest BCUT2D eigenvalue weighted by atomic mass is 35.5.